The summed E-state index contributed by atoms with van der Waals surface area (Å²) in [6.45, 7) is 0.897. The molecule has 0 aliphatic carbocycles. The summed E-state index contributed by atoms with van der Waals surface area (Å²) in [4.78, 5) is 11.7. The number of hydrogen-bond donors (Lipinski definition) is 2. The van der Waals surface area contributed by atoms with Gasteiger partial charge in [0.1, 0.15) is 0 Å². The normalized spacial score (nSPS) is 22.6. The van der Waals surface area contributed by atoms with Crippen LogP contribution in [0.15, 0.2) is 42.6 Å². The van der Waals surface area contributed by atoms with Crippen molar-refractivity contribution in [2.75, 3.05) is 6.54 Å². The zero-order valence-electron chi connectivity index (χ0n) is 11.2. The SMILES string of the molecule is NC(=O)C1CCCNC1c1ccnn1-c1ccccc1. The van der Waals surface area contributed by atoms with E-state index in [1.54, 1.807) is 6.20 Å². The van der Waals surface area contributed by atoms with Crippen molar-refractivity contribution in [3.8, 4) is 5.69 Å². The van der Waals surface area contributed by atoms with Gasteiger partial charge in [0.15, 0.2) is 0 Å². The average molecular weight is 270 g/mol. The van der Waals surface area contributed by atoms with Crippen molar-refractivity contribution < 1.29 is 4.79 Å². The van der Waals surface area contributed by atoms with E-state index in [0.717, 1.165) is 30.8 Å². The highest BCUT2D eigenvalue weighted by atomic mass is 16.1. The summed E-state index contributed by atoms with van der Waals surface area (Å²) in [5.41, 5.74) is 7.52. The molecule has 2 atom stereocenters. The van der Waals surface area contributed by atoms with E-state index >= 15 is 0 Å². The van der Waals surface area contributed by atoms with Crippen LogP contribution in [0, 0.1) is 5.92 Å². The average Bonchev–Trinajstić information content (AvgIpc) is 2.97. The molecule has 1 saturated heterocycles. The zero-order valence-corrected chi connectivity index (χ0v) is 11.2. The minimum Gasteiger partial charge on any atom is -0.369 e. The third kappa shape index (κ3) is 2.32. The first kappa shape index (κ1) is 12.9. The second-order valence-corrected chi connectivity index (χ2v) is 5.09. The minimum atomic E-state index is -0.247. The number of carbonyl (C=O) groups excluding carboxylic acids is 1. The van der Waals surface area contributed by atoms with Gasteiger partial charge in [0.2, 0.25) is 5.91 Å². The number of amides is 1. The Balaban J connectivity index is 1.98. The van der Waals surface area contributed by atoms with Gasteiger partial charge in [-0.05, 0) is 37.6 Å². The predicted octanol–water partition coefficient (Wildman–Crippen LogP) is 1.40. The van der Waals surface area contributed by atoms with E-state index in [2.05, 4.69) is 10.4 Å². The van der Waals surface area contributed by atoms with Gasteiger partial charge in [-0.15, -0.1) is 0 Å². The van der Waals surface area contributed by atoms with E-state index in [-0.39, 0.29) is 17.9 Å². The minimum absolute atomic E-state index is 0.0658. The highest BCUT2D eigenvalue weighted by molar-refractivity contribution is 5.77. The van der Waals surface area contributed by atoms with Crippen molar-refractivity contribution in [3.05, 3.63) is 48.3 Å². The van der Waals surface area contributed by atoms with Gasteiger partial charge in [0, 0.05) is 6.20 Å². The molecule has 104 valence electrons. The van der Waals surface area contributed by atoms with E-state index < -0.39 is 0 Å². The zero-order chi connectivity index (χ0) is 13.9. The number of nitrogens with zero attached hydrogens (tertiary/aromatic N) is 2. The summed E-state index contributed by atoms with van der Waals surface area (Å²) in [6.07, 6.45) is 3.56. The van der Waals surface area contributed by atoms with Gasteiger partial charge in [0.05, 0.1) is 23.3 Å². The lowest BCUT2D eigenvalue weighted by molar-refractivity contribution is -0.123. The maximum absolute atomic E-state index is 11.7. The van der Waals surface area contributed by atoms with Crippen LogP contribution in [0.1, 0.15) is 24.6 Å². The van der Waals surface area contributed by atoms with Crippen LogP contribution in [-0.4, -0.2) is 22.2 Å². The number of aromatic nitrogens is 2. The van der Waals surface area contributed by atoms with Crippen LogP contribution in [0.25, 0.3) is 5.69 Å². The number of benzene rings is 1. The molecule has 0 bridgehead atoms. The Labute approximate surface area is 117 Å². The van der Waals surface area contributed by atoms with Gasteiger partial charge in [-0.25, -0.2) is 4.68 Å². The van der Waals surface area contributed by atoms with E-state index in [4.69, 9.17) is 5.73 Å². The quantitative estimate of drug-likeness (QED) is 0.885. The lowest BCUT2D eigenvalue weighted by atomic mass is 9.88. The van der Waals surface area contributed by atoms with E-state index in [9.17, 15) is 4.79 Å². The third-order valence-electron chi connectivity index (χ3n) is 3.82. The molecule has 0 spiro atoms. The predicted molar refractivity (Wildman–Crippen MR) is 76.2 cm³/mol. The Morgan fingerprint density at radius 3 is 2.85 bits per heavy atom. The van der Waals surface area contributed by atoms with Crippen LogP contribution < -0.4 is 11.1 Å². The van der Waals surface area contributed by atoms with Crippen molar-refractivity contribution in [2.45, 2.75) is 18.9 Å². The molecule has 0 saturated carbocycles. The van der Waals surface area contributed by atoms with Crippen LogP contribution in [-0.2, 0) is 4.79 Å². The second-order valence-electron chi connectivity index (χ2n) is 5.09. The first-order valence-corrected chi connectivity index (χ1v) is 6.89. The van der Waals surface area contributed by atoms with Crippen molar-refractivity contribution in [2.24, 2.45) is 11.7 Å². The maximum atomic E-state index is 11.7. The molecular formula is C15H18N4O. The second kappa shape index (κ2) is 5.46. The Hall–Kier alpha value is -2.14. The van der Waals surface area contributed by atoms with Gasteiger partial charge < -0.3 is 11.1 Å². The molecule has 3 rings (SSSR count). The molecule has 1 aromatic heterocycles. The molecule has 3 N–H and O–H groups in total. The van der Waals surface area contributed by atoms with E-state index in [0.29, 0.717) is 0 Å². The molecule has 1 aliphatic rings. The molecular weight excluding hydrogens is 252 g/mol. The fourth-order valence-electron chi connectivity index (χ4n) is 2.84. The molecule has 2 unspecified atom stereocenters. The summed E-state index contributed by atoms with van der Waals surface area (Å²) in [6, 6.07) is 11.8. The molecule has 1 fully saturated rings. The fourth-order valence-corrected chi connectivity index (χ4v) is 2.84. The number of carbonyl (C=O) groups is 1. The van der Waals surface area contributed by atoms with Gasteiger partial charge in [-0.2, -0.15) is 5.10 Å². The Morgan fingerprint density at radius 2 is 2.10 bits per heavy atom. The Bertz CT molecular complexity index is 593. The summed E-state index contributed by atoms with van der Waals surface area (Å²) >= 11 is 0. The smallest absolute Gasteiger partial charge is 0.222 e. The monoisotopic (exact) mass is 270 g/mol. The number of nitrogens with one attached hydrogen (secondary N) is 1. The van der Waals surface area contributed by atoms with Crippen molar-refractivity contribution in [1.82, 2.24) is 15.1 Å². The fraction of sp³-hybridized carbons (Fsp3) is 0.333. The first-order valence-electron chi connectivity index (χ1n) is 6.89. The van der Waals surface area contributed by atoms with Gasteiger partial charge in [-0.3, -0.25) is 4.79 Å². The lowest BCUT2D eigenvalue weighted by Crippen LogP contribution is -2.41. The highest BCUT2D eigenvalue weighted by Crippen LogP contribution is 2.30. The molecule has 2 aromatic rings. The van der Waals surface area contributed by atoms with Gasteiger partial charge in [0.25, 0.3) is 0 Å². The number of primary amides is 1. The lowest BCUT2D eigenvalue weighted by Gasteiger charge is -2.30. The molecule has 1 amide bonds. The van der Waals surface area contributed by atoms with E-state index in [1.807, 2.05) is 41.1 Å². The van der Waals surface area contributed by atoms with Crippen molar-refractivity contribution in [1.29, 1.82) is 0 Å². The van der Waals surface area contributed by atoms with E-state index in [1.165, 1.54) is 0 Å². The van der Waals surface area contributed by atoms with Gasteiger partial charge in [-0.1, -0.05) is 18.2 Å². The molecule has 2 heterocycles. The highest BCUT2D eigenvalue weighted by Gasteiger charge is 2.32. The molecule has 0 radical (unpaired) electrons. The number of hydrogen-bond acceptors (Lipinski definition) is 3. The number of nitrogens with two attached hydrogens (primary N) is 1. The molecule has 5 heteroatoms. The van der Waals surface area contributed by atoms with Crippen molar-refractivity contribution >= 4 is 5.91 Å². The summed E-state index contributed by atoms with van der Waals surface area (Å²) in [5.74, 6) is -0.425. The Kier molecular flexibility index (Phi) is 3.52. The standard InChI is InChI=1S/C15H18N4O/c16-15(20)12-7-4-9-17-14(12)13-8-10-18-19(13)11-5-2-1-3-6-11/h1-3,5-6,8,10,12,14,17H,4,7,9H2,(H2,16,20). The molecule has 20 heavy (non-hydrogen) atoms. The molecule has 1 aliphatic heterocycles. The summed E-state index contributed by atoms with van der Waals surface area (Å²) < 4.78 is 1.87. The largest absolute Gasteiger partial charge is 0.369 e. The molecule has 5 nitrogen and oxygen atoms in total. The summed E-state index contributed by atoms with van der Waals surface area (Å²) in [5, 5.41) is 7.78. The van der Waals surface area contributed by atoms with Gasteiger partial charge >= 0.3 is 0 Å². The van der Waals surface area contributed by atoms with Crippen LogP contribution >= 0.6 is 0 Å². The maximum Gasteiger partial charge on any atom is 0.222 e. The van der Waals surface area contributed by atoms with Crippen LogP contribution in [0.2, 0.25) is 0 Å². The van der Waals surface area contributed by atoms with Crippen LogP contribution in [0.4, 0.5) is 0 Å². The number of para-hydroxylation sites is 1. The van der Waals surface area contributed by atoms with Crippen LogP contribution in [0.3, 0.4) is 0 Å². The Morgan fingerprint density at radius 1 is 1.30 bits per heavy atom. The van der Waals surface area contributed by atoms with Crippen LogP contribution in [0.5, 0.6) is 0 Å². The number of rotatable bonds is 3. The first-order chi connectivity index (χ1) is 9.77. The molecule has 1 aromatic carbocycles. The third-order valence-corrected chi connectivity index (χ3v) is 3.82. The summed E-state index contributed by atoms with van der Waals surface area (Å²) in [7, 11) is 0. The van der Waals surface area contributed by atoms with Crippen molar-refractivity contribution in [3.63, 3.8) is 0 Å². The number of piperidine rings is 1. The topological polar surface area (TPSA) is 72.9 Å².